The van der Waals surface area contributed by atoms with Crippen LogP contribution in [0.15, 0.2) is 48.7 Å². The average molecular weight is 428 g/mol. The third-order valence-electron chi connectivity index (χ3n) is 5.60. The van der Waals surface area contributed by atoms with E-state index in [1.807, 2.05) is 0 Å². The smallest absolute Gasteiger partial charge is 0.408 e. The minimum absolute atomic E-state index is 0.0105. The summed E-state index contributed by atoms with van der Waals surface area (Å²) in [6, 6.07) is 9.41. The highest BCUT2D eigenvalue weighted by Crippen LogP contribution is 2.39. The van der Waals surface area contributed by atoms with Crippen LogP contribution in [0.2, 0.25) is 0 Å². The van der Waals surface area contributed by atoms with Crippen LogP contribution in [0.5, 0.6) is 5.75 Å². The van der Waals surface area contributed by atoms with E-state index in [1.54, 1.807) is 24.3 Å². The van der Waals surface area contributed by atoms with Gasteiger partial charge in [-0.05, 0) is 30.2 Å². The maximum Gasteiger partial charge on any atom is 0.408 e. The molecule has 0 amide bonds. The van der Waals surface area contributed by atoms with Gasteiger partial charge in [0.2, 0.25) is 0 Å². The number of phenols is 1. The molecule has 1 aliphatic rings. The second-order valence-corrected chi connectivity index (χ2v) is 7.75. The molecule has 0 radical (unpaired) electrons. The number of fused-ring (bicyclic) bond motifs is 2. The molecule has 2 atom stereocenters. The number of aromatic hydroxyl groups is 1. The Kier molecular flexibility index (Phi) is 4.56. The number of aromatic nitrogens is 4. The predicted molar refractivity (Wildman–Crippen MR) is 108 cm³/mol. The fraction of sp³-hybridized carbons (Fsp3) is 0.286. The number of para-hydroxylation sites is 1. The number of likely N-dealkylation sites (tertiary alicyclic amines) is 1. The highest BCUT2D eigenvalue weighted by Gasteiger charge is 2.46. The minimum Gasteiger partial charge on any atom is -0.506 e. The molecule has 3 aromatic heterocycles. The molecule has 0 aliphatic carbocycles. The molecule has 4 heterocycles. The number of phenolic OH excluding ortho intramolecular Hbond substituents is 1. The van der Waals surface area contributed by atoms with Crippen molar-refractivity contribution in [2.75, 3.05) is 13.1 Å². The number of hydrogen-bond acceptors (Lipinski definition) is 6. The van der Waals surface area contributed by atoms with Crippen LogP contribution in [0.1, 0.15) is 18.0 Å². The summed E-state index contributed by atoms with van der Waals surface area (Å²) in [5, 5.41) is 19.0. The quantitative estimate of drug-likeness (QED) is 0.520. The second kappa shape index (κ2) is 7.17. The van der Waals surface area contributed by atoms with Crippen LogP contribution in [0, 0.1) is 0 Å². The van der Waals surface area contributed by atoms with Gasteiger partial charge < -0.3 is 10.8 Å². The normalized spacial score (nSPS) is 18.8. The number of nitrogens with two attached hydrogens (primary N) is 1. The molecule has 31 heavy (non-hydrogen) atoms. The Morgan fingerprint density at radius 3 is 2.68 bits per heavy atom. The Labute approximate surface area is 174 Å². The number of pyridine rings is 2. The summed E-state index contributed by atoms with van der Waals surface area (Å²) < 4.78 is 43.5. The van der Waals surface area contributed by atoms with Crippen molar-refractivity contribution in [1.29, 1.82) is 0 Å². The molecule has 1 aromatic carbocycles. The van der Waals surface area contributed by atoms with Crippen molar-refractivity contribution in [2.45, 2.75) is 24.7 Å². The first-order valence-corrected chi connectivity index (χ1v) is 9.81. The van der Waals surface area contributed by atoms with Crippen molar-refractivity contribution < 1.29 is 18.3 Å². The summed E-state index contributed by atoms with van der Waals surface area (Å²) in [5.74, 6) is 0.303. The molecule has 0 spiro atoms. The first-order valence-electron chi connectivity index (χ1n) is 9.81. The molecule has 4 aromatic rings. The van der Waals surface area contributed by atoms with Gasteiger partial charge in [0.15, 0.2) is 11.5 Å². The van der Waals surface area contributed by atoms with Gasteiger partial charge in [0, 0.05) is 30.7 Å². The summed E-state index contributed by atoms with van der Waals surface area (Å²) in [5.41, 5.74) is 7.11. The van der Waals surface area contributed by atoms with Crippen LogP contribution < -0.4 is 5.73 Å². The molecule has 3 N–H and O–H groups in total. The van der Waals surface area contributed by atoms with Crippen molar-refractivity contribution in [2.24, 2.45) is 5.73 Å². The molecule has 1 fully saturated rings. The lowest BCUT2D eigenvalue weighted by molar-refractivity contribution is -0.183. The van der Waals surface area contributed by atoms with Gasteiger partial charge in [-0.15, -0.1) is 10.2 Å². The van der Waals surface area contributed by atoms with Crippen LogP contribution >= 0.6 is 0 Å². The molecule has 0 saturated carbocycles. The van der Waals surface area contributed by atoms with E-state index in [1.165, 1.54) is 33.7 Å². The molecule has 7 nitrogen and oxygen atoms in total. The van der Waals surface area contributed by atoms with Gasteiger partial charge in [-0.3, -0.25) is 9.30 Å². The Bertz CT molecular complexity index is 1270. The lowest BCUT2D eigenvalue weighted by Gasteiger charge is -2.30. The van der Waals surface area contributed by atoms with E-state index >= 15 is 0 Å². The number of rotatable bonds is 3. The largest absolute Gasteiger partial charge is 0.506 e. The third kappa shape index (κ3) is 3.47. The Morgan fingerprint density at radius 2 is 1.94 bits per heavy atom. The highest BCUT2D eigenvalue weighted by molar-refractivity contribution is 5.86. The summed E-state index contributed by atoms with van der Waals surface area (Å²) in [6.07, 6.45) is -2.53. The summed E-state index contributed by atoms with van der Waals surface area (Å²) in [7, 11) is 0. The molecule has 5 rings (SSSR count). The lowest BCUT2D eigenvalue weighted by Crippen LogP contribution is -2.38. The van der Waals surface area contributed by atoms with Gasteiger partial charge >= 0.3 is 6.18 Å². The molecule has 1 saturated heterocycles. The number of hydrogen-bond donors (Lipinski definition) is 2. The van der Waals surface area contributed by atoms with Gasteiger partial charge in [-0.25, -0.2) is 4.98 Å². The van der Waals surface area contributed by atoms with Crippen LogP contribution in [-0.2, 0) is 0 Å². The first kappa shape index (κ1) is 19.7. The summed E-state index contributed by atoms with van der Waals surface area (Å²) in [4.78, 5) is 5.82. The molecule has 10 heteroatoms. The van der Waals surface area contributed by atoms with E-state index in [2.05, 4.69) is 15.2 Å². The van der Waals surface area contributed by atoms with Crippen molar-refractivity contribution in [3.63, 3.8) is 0 Å². The molecule has 1 unspecified atom stereocenters. The van der Waals surface area contributed by atoms with Crippen LogP contribution in [0.25, 0.3) is 28.1 Å². The Hall–Kier alpha value is -3.24. The van der Waals surface area contributed by atoms with Gasteiger partial charge in [-0.1, -0.05) is 24.3 Å². The van der Waals surface area contributed by atoms with E-state index in [0.29, 0.717) is 29.1 Å². The van der Waals surface area contributed by atoms with Gasteiger partial charge in [0.25, 0.3) is 0 Å². The highest BCUT2D eigenvalue weighted by atomic mass is 19.4. The van der Waals surface area contributed by atoms with Crippen LogP contribution in [0.3, 0.4) is 0 Å². The van der Waals surface area contributed by atoms with Gasteiger partial charge in [-0.2, -0.15) is 13.2 Å². The molecule has 0 bridgehead atoms. The molecular weight excluding hydrogens is 409 g/mol. The van der Waals surface area contributed by atoms with E-state index in [4.69, 9.17) is 5.73 Å². The zero-order chi connectivity index (χ0) is 21.8. The van der Waals surface area contributed by atoms with Gasteiger partial charge in [0.1, 0.15) is 23.0 Å². The van der Waals surface area contributed by atoms with E-state index < -0.39 is 12.2 Å². The zero-order valence-corrected chi connectivity index (χ0v) is 16.3. The molecular formula is C21H19F3N6O. The molecule has 160 valence electrons. The number of nitrogens with zero attached hydrogens (tertiary/aromatic N) is 5. The number of halogens is 3. The first-order chi connectivity index (χ1) is 14.8. The van der Waals surface area contributed by atoms with E-state index in [0.717, 1.165) is 5.39 Å². The fourth-order valence-corrected chi connectivity index (χ4v) is 4.16. The number of benzene rings is 1. The lowest BCUT2D eigenvalue weighted by atomic mass is 10.1. The second-order valence-electron chi connectivity index (χ2n) is 7.75. The fourth-order valence-electron chi connectivity index (χ4n) is 4.16. The van der Waals surface area contributed by atoms with Crippen molar-refractivity contribution in [3.8, 4) is 17.3 Å². The van der Waals surface area contributed by atoms with Gasteiger partial charge in [0.05, 0.1) is 0 Å². The molecule has 1 aliphatic heterocycles. The topological polar surface area (TPSA) is 92.6 Å². The standard InChI is InChI=1S/C21H19F3N6O/c22-21(23,24)19(29-9-8-14(25)11-29)13-5-7-17-27-28-20(30(17)10-13)15-6-4-12-2-1-3-16(31)18(12)26-15/h1-7,10,14,19,31H,8-9,11,25H2/t14?,19-/m1/s1. The Balaban J connectivity index is 1.62. The van der Waals surface area contributed by atoms with Crippen molar-refractivity contribution >= 4 is 16.6 Å². The number of alkyl halides is 3. The third-order valence-corrected chi connectivity index (χ3v) is 5.60. The van der Waals surface area contributed by atoms with E-state index in [-0.39, 0.29) is 30.4 Å². The van der Waals surface area contributed by atoms with E-state index in [9.17, 15) is 18.3 Å². The monoisotopic (exact) mass is 428 g/mol. The maximum atomic E-state index is 14.0. The van der Waals surface area contributed by atoms with Crippen LogP contribution in [0.4, 0.5) is 13.2 Å². The minimum atomic E-state index is -4.46. The Morgan fingerprint density at radius 1 is 1.10 bits per heavy atom. The van der Waals surface area contributed by atoms with Crippen LogP contribution in [-0.4, -0.2) is 54.9 Å². The van der Waals surface area contributed by atoms with Crippen molar-refractivity contribution in [1.82, 2.24) is 24.5 Å². The maximum absolute atomic E-state index is 14.0. The zero-order valence-electron chi connectivity index (χ0n) is 16.3. The summed E-state index contributed by atoms with van der Waals surface area (Å²) >= 11 is 0. The SMILES string of the molecule is NC1CCN([C@H](c2ccc3nnc(-c4ccc5cccc(O)c5n4)n3c2)C(F)(F)F)C1. The van der Waals surface area contributed by atoms with Crippen molar-refractivity contribution in [3.05, 3.63) is 54.2 Å². The average Bonchev–Trinajstić information content (AvgIpc) is 3.33. The summed E-state index contributed by atoms with van der Waals surface area (Å²) in [6.45, 7) is 0.465. The predicted octanol–water partition coefficient (Wildman–Crippen LogP) is 3.29.